The van der Waals surface area contributed by atoms with Gasteiger partial charge >= 0.3 is 11.9 Å². The molecule has 0 aliphatic carbocycles. The number of aliphatic hydroxyl groups is 1. The van der Waals surface area contributed by atoms with Crippen LogP contribution in [0.3, 0.4) is 0 Å². The number of esters is 1. The summed E-state index contributed by atoms with van der Waals surface area (Å²) in [6.45, 7) is 7.82. The van der Waals surface area contributed by atoms with E-state index in [1.165, 1.54) is 6.92 Å². The Balaban J connectivity index is 0.000000626. The summed E-state index contributed by atoms with van der Waals surface area (Å²) in [5, 5.41) is 17.3. The Morgan fingerprint density at radius 1 is 1.27 bits per heavy atom. The number of benzene rings is 1. The van der Waals surface area contributed by atoms with Crippen LogP contribution < -0.4 is 4.74 Å². The number of ether oxygens (including phenoxy) is 2. The molecule has 6 nitrogen and oxygen atoms in total. The number of carbonyl (C=O) groups excluding carboxylic acids is 1. The number of aliphatic hydroxyl groups excluding tert-OH is 1. The Kier molecular flexibility index (Phi) is 9.79. The number of aliphatic carboxylic acids is 1. The molecule has 0 aliphatic heterocycles. The molecule has 6 heteroatoms. The van der Waals surface area contributed by atoms with Crippen LogP contribution >= 0.6 is 0 Å². The zero-order chi connectivity index (χ0) is 17.0. The molecule has 2 N–H and O–H groups in total. The summed E-state index contributed by atoms with van der Waals surface area (Å²) in [6.07, 6.45) is 0.203. The quantitative estimate of drug-likeness (QED) is 0.589. The van der Waals surface area contributed by atoms with Gasteiger partial charge in [-0.15, -0.1) is 0 Å². The van der Waals surface area contributed by atoms with Gasteiger partial charge in [0.2, 0.25) is 0 Å². The van der Waals surface area contributed by atoms with Crippen LogP contribution in [0, 0.1) is 0 Å². The van der Waals surface area contributed by atoms with Crippen molar-refractivity contribution in [3.8, 4) is 5.75 Å². The summed E-state index contributed by atoms with van der Waals surface area (Å²) in [6, 6.07) is 9.10. The van der Waals surface area contributed by atoms with E-state index in [2.05, 4.69) is 17.9 Å². The molecule has 1 atom stereocenters. The maximum atomic E-state index is 10.7. The minimum atomic E-state index is -0.935. The van der Waals surface area contributed by atoms with Crippen molar-refractivity contribution in [1.29, 1.82) is 0 Å². The molecule has 1 aromatic rings. The smallest absolute Gasteiger partial charge is 0.330 e. The Morgan fingerprint density at radius 3 is 2.27 bits per heavy atom. The second kappa shape index (κ2) is 11.1. The van der Waals surface area contributed by atoms with Crippen molar-refractivity contribution in [2.45, 2.75) is 13.0 Å². The average Bonchev–Trinajstić information content (AvgIpc) is 2.52. The van der Waals surface area contributed by atoms with Crippen molar-refractivity contribution in [3.63, 3.8) is 0 Å². The summed E-state index contributed by atoms with van der Waals surface area (Å²) >= 11 is 0. The summed E-state index contributed by atoms with van der Waals surface area (Å²) in [7, 11) is 0. The van der Waals surface area contributed by atoms with Gasteiger partial charge in [0.05, 0.1) is 0 Å². The van der Waals surface area contributed by atoms with Gasteiger partial charge in [-0.1, -0.05) is 31.4 Å². The van der Waals surface area contributed by atoms with E-state index < -0.39 is 18.0 Å². The third kappa shape index (κ3) is 10.2. The van der Waals surface area contributed by atoms with Gasteiger partial charge in [0.15, 0.2) is 0 Å². The zero-order valence-corrected chi connectivity index (χ0v) is 12.4. The molecule has 0 aromatic heterocycles. The molecule has 1 aromatic carbocycles. The van der Waals surface area contributed by atoms with E-state index >= 15 is 0 Å². The Morgan fingerprint density at radius 2 is 1.82 bits per heavy atom. The maximum Gasteiger partial charge on any atom is 0.330 e. The molecular formula is C16H20O6. The van der Waals surface area contributed by atoms with Crippen LogP contribution in [0.15, 0.2) is 55.1 Å². The number of hydrogen-bond donors (Lipinski definition) is 2. The molecule has 0 saturated heterocycles. The first kappa shape index (κ1) is 19.4. The lowest BCUT2D eigenvalue weighted by molar-refractivity contribution is -0.141. The third-order valence-corrected chi connectivity index (χ3v) is 2.14. The third-order valence-electron chi connectivity index (χ3n) is 2.14. The largest absolute Gasteiger partial charge is 0.491 e. The average molecular weight is 308 g/mol. The van der Waals surface area contributed by atoms with Crippen LogP contribution in [0.5, 0.6) is 5.75 Å². The molecule has 0 heterocycles. The molecular weight excluding hydrogens is 288 g/mol. The summed E-state index contributed by atoms with van der Waals surface area (Å²) in [5.74, 6) is -0.828. The number of carboxylic acids is 1. The van der Waals surface area contributed by atoms with Crippen molar-refractivity contribution in [2.75, 3.05) is 13.2 Å². The van der Waals surface area contributed by atoms with Crippen LogP contribution in [0.2, 0.25) is 0 Å². The number of para-hydroxylation sites is 1. The number of rotatable bonds is 7. The van der Waals surface area contributed by atoms with E-state index in [0.717, 1.165) is 6.08 Å². The first-order valence-corrected chi connectivity index (χ1v) is 6.40. The first-order valence-electron chi connectivity index (χ1n) is 6.40. The molecule has 0 bridgehead atoms. The topological polar surface area (TPSA) is 93.1 Å². The molecule has 22 heavy (non-hydrogen) atoms. The predicted molar refractivity (Wildman–Crippen MR) is 81.5 cm³/mol. The predicted octanol–water partition coefficient (Wildman–Crippen LogP) is 1.80. The molecule has 0 spiro atoms. The first-order chi connectivity index (χ1) is 10.4. The number of carbonyl (C=O) groups is 2. The maximum absolute atomic E-state index is 10.7. The molecule has 1 unspecified atom stereocenters. The fourth-order valence-corrected chi connectivity index (χ4v) is 0.995. The van der Waals surface area contributed by atoms with Gasteiger partial charge in [-0.2, -0.15) is 0 Å². The Labute approximate surface area is 129 Å². The highest BCUT2D eigenvalue weighted by Gasteiger charge is 2.07. The van der Waals surface area contributed by atoms with E-state index in [1.54, 1.807) is 12.1 Å². The van der Waals surface area contributed by atoms with Gasteiger partial charge in [-0.3, -0.25) is 0 Å². The van der Waals surface area contributed by atoms with Gasteiger partial charge in [0.1, 0.15) is 25.1 Å². The van der Waals surface area contributed by atoms with Crippen molar-refractivity contribution in [3.05, 3.63) is 55.1 Å². The SMILES string of the molecule is C=C(C)C(=O)O.C=CC(=O)OCC(O)COc1ccccc1. The van der Waals surface area contributed by atoms with Crippen LogP contribution in [0.4, 0.5) is 0 Å². The normalized spacial score (nSPS) is 10.5. The number of hydrogen-bond acceptors (Lipinski definition) is 5. The number of carboxylic acid groups (broad SMARTS) is 1. The van der Waals surface area contributed by atoms with Gasteiger partial charge in [0, 0.05) is 11.6 Å². The fraction of sp³-hybridized carbons (Fsp3) is 0.250. The second-order valence-electron chi connectivity index (χ2n) is 4.20. The van der Waals surface area contributed by atoms with Crippen molar-refractivity contribution >= 4 is 11.9 Å². The highest BCUT2D eigenvalue weighted by molar-refractivity contribution is 5.84. The highest BCUT2D eigenvalue weighted by atomic mass is 16.5. The molecule has 0 saturated carbocycles. The minimum Gasteiger partial charge on any atom is -0.491 e. The Bertz CT molecular complexity index is 483. The van der Waals surface area contributed by atoms with E-state index in [1.807, 2.05) is 18.2 Å². The van der Waals surface area contributed by atoms with E-state index in [0.29, 0.717) is 5.75 Å². The highest BCUT2D eigenvalue weighted by Crippen LogP contribution is 2.08. The molecule has 1 rings (SSSR count). The molecule has 0 amide bonds. The second-order valence-corrected chi connectivity index (χ2v) is 4.20. The molecule has 0 radical (unpaired) electrons. The monoisotopic (exact) mass is 308 g/mol. The lowest BCUT2D eigenvalue weighted by atomic mass is 10.3. The van der Waals surface area contributed by atoms with Crippen LogP contribution in [-0.4, -0.2) is 41.5 Å². The van der Waals surface area contributed by atoms with E-state index in [-0.39, 0.29) is 18.8 Å². The fourth-order valence-electron chi connectivity index (χ4n) is 0.995. The van der Waals surface area contributed by atoms with Gasteiger partial charge < -0.3 is 19.7 Å². The zero-order valence-electron chi connectivity index (χ0n) is 12.4. The molecule has 120 valence electrons. The summed E-state index contributed by atoms with van der Waals surface area (Å²) < 4.78 is 9.92. The van der Waals surface area contributed by atoms with E-state index in [9.17, 15) is 14.7 Å². The lowest BCUT2D eigenvalue weighted by Crippen LogP contribution is -2.24. The van der Waals surface area contributed by atoms with Crippen LogP contribution in [0.25, 0.3) is 0 Å². The van der Waals surface area contributed by atoms with Crippen molar-refractivity contribution in [1.82, 2.24) is 0 Å². The van der Waals surface area contributed by atoms with Gasteiger partial charge in [-0.25, -0.2) is 9.59 Å². The van der Waals surface area contributed by atoms with Crippen LogP contribution in [0.1, 0.15) is 6.92 Å². The Hall–Kier alpha value is -2.60. The van der Waals surface area contributed by atoms with Crippen molar-refractivity contribution in [2.24, 2.45) is 0 Å². The molecule has 0 fully saturated rings. The van der Waals surface area contributed by atoms with Crippen LogP contribution in [-0.2, 0) is 14.3 Å². The standard InChI is InChI=1S/C12H14O4.C4H6O2/c1-2-12(14)16-9-10(13)8-15-11-6-4-3-5-7-11;1-3(2)4(5)6/h2-7,10,13H,1,8-9H2;1H2,2H3,(H,5,6). The minimum absolute atomic E-state index is 0.0778. The van der Waals surface area contributed by atoms with Crippen molar-refractivity contribution < 1.29 is 29.3 Å². The molecule has 0 aliphatic rings. The van der Waals surface area contributed by atoms with Gasteiger partial charge in [-0.05, 0) is 19.1 Å². The summed E-state index contributed by atoms with van der Waals surface area (Å²) in [4.78, 5) is 20.3. The lowest BCUT2D eigenvalue weighted by Gasteiger charge is -2.11. The van der Waals surface area contributed by atoms with E-state index in [4.69, 9.17) is 9.84 Å². The van der Waals surface area contributed by atoms with Gasteiger partial charge in [0.25, 0.3) is 0 Å². The summed E-state index contributed by atoms with van der Waals surface area (Å²) in [5.41, 5.74) is 0.176.